The van der Waals surface area contributed by atoms with E-state index in [1.807, 2.05) is 16.4 Å². The summed E-state index contributed by atoms with van der Waals surface area (Å²) in [5, 5.41) is 13.0. The highest BCUT2D eigenvalue weighted by Crippen LogP contribution is 2.25. The molecule has 4 rings (SSSR count). The molecule has 0 atom stereocenters. The van der Waals surface area contributed by atoms with E-state index >= 15 is 0 Å². The third kappa shape index (κ3) is 4.30. The second-order valence-corrected chi connectivity index (χ2v) is 7.66. The van der Waals surface area contributed by atoms with Crippen molar-refractivity contribution in [2.75, 3.05) is 0 Å². The zero-order chi connectivity index (χ0) is 20.4. The van der Waals surface area contributed by atoms with Crippen molar-refractivity contribution in [2.24, 2.45) is 7.05 Å². The third-order valence-electron chi connectivity index (χ3n) is 5.17. The van der Waals surface area contributed by atoms with Crippen molar-refractivity contribution < 1.29 is 0 Å². The van der Waals surface area contributed by atoms with Gasteiger partial charge in [-0.25, -0.2) is 4.68 Å². The van der Waals surface area contributed by atoms with Gasteiger partial charge >= 0.3 is 0 Å². The molecule has 0 unspecified atom stereocenters. The quantitative estimate of drug-likeness (QED) is 0.532. The molecule has 2 heterocycles. The predicted molar refractivity (Wildman–Crippen MR) is 117 cm³/mol. The summed E-state index contributed by atoms with van der Waals surface area (Å²) in [6, 6.07) is 19.1. The van der Waals surface area contributed by atoms with Crippen LogP contribution in [0.2, 0.25) is 0 Å². The summed E-state index contributed by atoms with van der Waals surface area (Å²) in [7, 11) is 1.97. The Hall–Kier alpha value is -3.18. The number of hydrogen-bond donors (Lipinski definition) is 1. The van der Waals surface area contributed by atoms with Gasteiger partial charge < -0.3 is 5.32 Å². The Balaban J connectivity index is 1.62. The standard InChI is InChI=1S/C24H27N5/c1-17-8-10-23(11-9-17)29-16-21(14-25-15-22-13-19(3)28(4)26-22)24(27-29)20-7-5-6-18(2)12-20/h5-13,16,25H,14-15H2,1-4H3. The van der Waals surface area contributed by atoms with Crippen LogP contribution in [-0.2, 0) is 20.1 Å². The Morgan fingerprint density at radius 1 is 0.862 bits per heavy atom. The average molecular weight is 386 g/mol. The molecular weight excluding hydrogens is 358 g/mol. The first-order chi connectivity index (χ1) is 14.0. The molecule has 0 aliphatic rings. The molecule has 2 aromatic carbocycles. The minimum atomic E-state index is 0.727. The van der Waals surface area contributed by atoms with Crippen LogP contribution in [-0.4, -0.2) is 19.6 Å². The van der Waals surface area contributed by atoms with Crippen LogP contribution in [0.1, 0.15) is 28.1 Å². The summed E-state index contributed by atoms with van der Waals surface area (Å²) in [4.78, 5) is 0. The number of aryl methyl sites for hydroxylation is 4. The number of rotatable bonds is 6. The molecule has 0 spiro atoms. The van der Waals surface area contributed by atoms with Crippen LogP contribution in [0.15, 0.2) is 60.8 Å². The molecule has 0 radical (unpaired) electrons. The van der Waals surface area contributed by atoms with Crippen molar-refractivity contribution in [3.05, 3.63) is 88.9 Å². The van der Waals surface area contributed by atoms with Crippen molar-refractivity contribution in [2.45, 2.75) is 33.9 Å². The van der Waals surface area contributed by atoms with Gasteiger partial charge in [0.2, 0.25) is 0 Å². The van der Waals surface area contributed by atoms with Crippen LogP contribution in [0.25, 0.3) is 16.9 Å². The molecular formula is C24H27N5. The summed E-state index contributed by atoms with van der Waals surface area (Å²) in [5.74, 6) is 0. The maximum Gasteiger partial charge on any atom is 0.0972 e. The lowest BCUT2D eigenvalue weighted by atomic mass is 10.1. The summed E-state index contributed by atoms with van der Waals surface area (Å²) < 4.78 is 3.88. The van der Waals surface area contributed by atoms with E-state index in [0.717, 1.165) is 41.4 Å². The average Bonchev–Trinajstić information content (AvgIpc) is 3.26. The molecule has 0 bridgehead atoms. The van der Waals surface area contributed by atoms with Gasteiger partial charge in [-0.2, -0.15) is 10.2 Å². The number of hydrogen-bond acceptors (Lipinski definition) is 3. The fourth-order valence-corrected chi connectivity index (χ4v) is 3.45. The Bertz CT molecular complexity index is 1100. The molecule has 4 aromatic rings. The largest absolute Gasteiger partial charge is 0.307 e. The first-order valence-corrected chi connectivity index (χ1v) is 9.92. The number of aromatic nitrogens is 4. The molecule has 0 saturated carbocycles. The van der Waals surface area contributed by atoms with Gasteiger partial charge in [0.25, 0.3) is 0 Å². The fourth-order valence-electron chi connectivity index (χ4n) is 3.45. The molecule has 5 heteroatoms. The SMILES string of the molecule is Cc1ccc(-n2cc(CNCc3cc(C)n(C)n3)c(-c3cccc(C)c3)n2)cc1. The lowest BCUT2D eigenvalue weighted by Crippen LogP contribution is -2.13. The predicted octanol–water partition coefficient (Wildman–Crippen LogP) is 4.49. The van der Waals surface area contributed by atoms with E-state index < -0.39 is 0 Å². The van der Waals surface area contributed by atoms with Crippen molar-refractivity contribution in [3.8, 4) is 16.9 Å². The van der Waals surface area contributed by atoms with Gasteiger partial charge in [-0.1, -0.05) is 41.5 Å². The number of nitrogens with zero attached hydrogens (tertiary/aromatic N) is 4. The molecule has 148 valence electrons. The van der Waals surface area contributed by atoms with Gasteiger partial charge in [-0.3, -0.25) is 4.68 Å². The maximum atomic E-state index is 4.92. The minimum absolute atomic E-state index is 0.727. The van der Waals surface area contributed by atoms with Crippen LogP contribution in [0.4, 0.5) is 0 Å². The molecule has 0 amide bonds. The summed E-state index contributed by atoms with van der Waals surface area (Å²) in [6.07, 6.45) is 2.12. The van der Waals surface area contributed by atoms with Gasteiger partial charge in [0.05, 0.1) is 17.1 Å². The number of nitrogens with one attached hydrogen (secondary N) is 1. The summed E-state index contributed by atoms with van der Waals surface area (Å²) in [5.41, 5.74) is 9.07. The molecule has 5 nitrogen and oxygen atoms in total. The second-order valence-electron chi connectivity index (χ2n) is 7.66. The normalized spacial score (nSPS) is 11.2. The van der Waals surface area contributed by atoms with Gasteiger partial charge in [-0.15, -0.1) is 0 Å². The first kappa shape index (κ1) is 19.2. The number of benzene rings is 2. The van der Waals surface area contributed by atoms with Gasteiger partial charge in [0.15, 0.2) is 0 Å². The monoisotopic (exact) mass is 385 g/mol. The molecule has 1 N–H and O–H groups in total. The Labute approximate surface area is 172 Å². The Morgan fingerprint density at radius 2 is 1.66 bits per heavy atom. The van der Waals surface area contributed by atoms with Crippen LogP contribution in [0.3, 0.4) is 0 Å². The van der Waals surface area contributed by atoms with Gasteiger partial charge in [0.1, 0.15) is 0 Å². The molecule has 0 aliphatic heterocycles. The van der Waals surface area contributed by atoms with E-state index in [1.54, 1.807) is 0 Å². The van der Waals surface area contributed by atoms with Crippen molar-refractivity contribution in [1.82, 2.24) is 24.9 Å². The molecule has 0 fully saturated rings. The topological polar surface area (TPSA) is 47.7 Å². The summed E-state index contributed by atoms with van der Waals surface area (Å²) >= 11 is 0. The van der Waals surface area contributed by atoms with Crippen molar-refractivity contribution >= 4 is 0 Å². The zero-order valence-electron chi connectivity index (χ0n) is 17.5. The van der Waals surface area contributed by atoms with E-state index in [4.69, 9.17) is 5.10 Å². The van der Waals surface area contributed by atoms with Crippen LogP contribution in [0.5, 0.6) is 0 Å². The van der Waals surface area contributed by atoms with Crippen LogP contribution < -0.4 is 5.32 Å². The summed E-state index contributed by atoms with van der Waals surface area (Å²) in [6.45, 7) is 7.73. The highest BCUT2D eigenvalue weighted by atomic mass is 15.3. The van der Waals surface area contributed by atoms with Crippen molar-refractivity contribution in [1.29, 1.82) is 0 Å². The Morgan fingerprint density at radius 3 is 2.34 bits per heavy atom. The third-order valence-corrected chi connectivity index (χ3v) is 5.17. The first-order valence-electron chi connectivity index (χ1n) is 9.92. The lowest BCUT2D eigenvalue weighted by molar-refractivity contribution is 0.653. The highest BCUT2D eigenvalue weighted by Gasteiger charge is 2.13. The van der Waals surface area contributed by atoms with Crippen LogP contribution in [0, 0.1) is 20.8 Å². The highest BCUT2D eigenvalue weighted by molar-refractivity contribution is 5.64. The molecule has 0 saturated heterocycles. The molecule has 29 heavy (non-hydrogen) atoms. The van der Waals surface area contributed by atoms with E-state index in [2.05, 4.69) is 92.0 Å². The smallest absolute Gasteiger partial charge is 0.0972 e. The van der Waals surface area contributed by atoms with Crippen LogP contribution >= 0.6 is 0 Å². The molecule has 0 aliphatic carbocycles. The Kier molecular flexibility index (Phi) is 5.32. The van der Waals surface area contributed by atoms with E-state index in [1.165, 1.54) is 16.7 Å². The second kappa shape index (κ2) is 8.05. The lowest BCUT2D eigenvalue weighted by Gasteiger charge is -2.05. The molecule has 2 aromatic heterocycles. The minimum Gasteiger partial charge on any atom is -0.307 e. The van der Waals surface area contributed by atoms with Gasteiger partial charge in [0, 0.05) is 43.2 Å². The van der Waals surface area contributed by atoms with E-state index in [9.17, 15) is 0 Å². The van der Waals surface area contributed by atoms with Crippen molar-refractivity contribution in [3.63, 3.8) is 0 Å². The maximum absolute atomic E-state index is 4.92. The van der Waals surface area contributed by atoms with E-state index in [0.29, 0.717) is 0 Å². The fraction of sp³-hybridized carbons (Fsp3) is 0.250. The van der Waals surface area contributed by atoms with Gasteiger partial charge in [-0.05, 0) is 45.0 Å². The van der Waals surface area contributed by atoms with E-state index in [-0.39, 0.29) is 0 Å². The zero-order valence-corrected chi connectivity index (χ0v) is 17.5.